The van der Waals surface area contributed by atoms with Gasteiger partial charge >= 0.3 is 12.5 Å². The standard InChI is InChI=1S/C10H9F6NO/c11-9(12,13)7-5-6(3-4-17)1-2-8(7)18-10(14,15)16/h1-2,5H,3-4,17H2. The summed E-state index contributed by atoms with van der Waals surface area (Å²) < 4.78 is 76.9. The molecule has 0 amide bonds. The molecule has 1 rings (SSSR count). The summed E-state index contributed by atoms with van der Waals surface area (Å²) in [6.07, 6.45) is -9.96. The van der Waals surface area contributed by atoms with E-state index in [9.17, 15) is 26.3 Å². The van der Waals surface area contributed by atoms with Gasteiger partial charge in [-0.3, -0.25) is 0 Å². The summed E-state index contributed by atoms with van der Waals surface area (Å²) in [5.74, 6) is -1.27. The Bertz CT molecular complexity index is 412. The van der Waals surface area contributed by atoms with Crippen molar-refractivity contribution in [1.82, 2.24) is 0 Å². The van der Waals surface area contributed by atoms with E-state index in [0.29, 0.717) is 12.1 Å². The first kappa shape index (κ1) is 14.6. The lowest BCUT2D eigenvalue weighted by Gasteiger charge is -2.16. The predicted octanol–water partition coefficient (Wildman–Crippen LogP) is 3.11. The molecule has 0 aliphatic heterocycles. The van der Waals surface area contributed by atoms with E-state index in [2.05, 4.69) is 4.74 Å². The quantitative estimate of drug-likeness (QED) is 0.859. The first-order valence-electron chi connectivity index (χ1n) is 4.79. The molecule has 18 heavy (non-hydrogen) atoms. The van der Waals surface area contributed by atoms with Crippen LogP contribution in [-0.2, 0) is 12.6 Å². The van der Waals surface area contributed by atoms with Crippen molar-refractivity contribution in [2.24, 2.45) is 5.73 Å². The minimum Gasteiger partial charge on any atom is -0.405 e. The number of hydrogen-bond donors (Lipinski definition) is 1. The van der Waals surface area contributed by atoms with Crippen molar-refractivity contribution in [3.8, 4) is 5.75 Å². The molecule has 0 unspecified atom stereocenters. The Hall–Kier alpha value is -1.44. The van der Waals surface area contributed by atoms with E-state index in [-0.39, 0.29) is 18.5 Å². The summed E-state index contributed by atoms with van der Waals surface area (Å²) in [5, 5.41) is 0. The van der Waals surface area contributed by atoms with Crippen LogP contribution in [-0.4, -0.2) is 12.9 Å². The molecule has 1 aromatic carbocycles. The lowest BCUT2D eigenvalue weighted by molar-refractivity contribution is -0.276. The fourth-order valence-electron chi connectivity index (χ4n) is 1.33. The Labute approximate surface area is 98.3 Å². The van der Waals surface area contributed by atoms with Crippen LogP contribution >= 0.6 is 0 Å². The van der Waals surface area contributed by atoms with Gasteiger partial charge in [-0.15, -0.1) is 13.2 Å². The van der Waals surface area contributed by atoms with Crippen molar-refractivity contribution in [3.05, 3.63) is 29.3 Å². The molecule has 0 saturated carbocycles. The number of alkyl halides is 6. The van der Waals surface area contributed by atoms with Crippen LogP contribution in [0.25, 0.3) is 0 Å². The maximum atomic E-state index is 12.6. The zero-order valence-corrected chi connectivity index (χ0v) is 8.90. The molecule has 0 bridgehead atoms. The second-order valence-corrected chi connectivity index (χ2v) is 3.41. The van der Waals surface area contributed by atoms with Crippen LogP contribution in [0.5, 0.6) is 5.75 Å². The number of nitrogens with two attached hydrogens (primary N) is 1. The topological polar surface area (TPSA) is 35.2 Å². The first-order chi connectivity index (χ1) is 8.13. The number of hydrogen-bond acceptors (Lipinski definition) is 2. The van der Waals surface area contributed by atoms with E-state index in [1.807, 2.05) is 0 Å². The van der Waals surface area contributed by atoms with E-state index >= 15 is 0 Å². The highest BCUT2D eigenvalue weighted by molar-refractivity contribution is 5.39. The molecule has 0 aromatic heterocycles. The van der Waals surface area contributed by atoms with E-state index in [1.165, 1.54) is 0 Å². The molecule has 0 atom stereocenters. The molecule has 0 fully saturated rings. The van der Waals surface area contributed by atoms with Gasteiger partial charge in [0, 0.05) is 0 Å². The summed E-state index contributed by atoms with van der Waals surface area (Å²) in [5.41, 5.74) is 3.89. The second kappa shape index (κ2) is 5.05. The minimum atomic E-state index is -5.17. The summed E-state index contributed by atoms with van der Waals surface area (Å²) in [7, 11) is 0. The third-order valence-corrected chi connectivity index (χ3v) is 2.01. The van der Waals surface area contributed by atoms with E-state index in [1.54, 1.807) is 0 Å². The molecular weight excluding hydrogens is 264 g/mol. The summed E-state index contributed by atoms with van der Waals surface area (Å²) in [4.78, 5) is 0. The summed E-state index contributed by atoms with van der Waals surface area (Å²) in [6.45, 7) is 0.0940. The monoisotopic (exact) mass is 273 g/mol. The third kappa shape index (κ3) is 4.10. The molecule has 0 spiro atoms. The van der Waals surface area contributed by atoms with Crippen LogP contribution in [0.1, 0.15) is 11.1 Å². The molecule has 2 nitrogen and oxygen atoms in total. The van der Waals surface area contributed by atoms with Gasteiger partial charge in [0.1, 0.15) is 5.75 Å². The largest absolute Gasteiger partial charge is 0.573 e. The molecule has 0 heterocycles. The summed E-state index contributed by atoms with van der Waals surface area (Å²) in [6, 6.07) is 2.36. The zero-order chi connectivity index (χ0) is 14.0. The lowest BCUT2D eigenvalue weighted by Crippen LogP contribution is -2.20. The molecule has 0 radical (unpaired) electrons. The fourth-order valence-corrected chi connectivity index (χ4v) is 1.33. The highest BCUT2D eigenvalue weighted by Gasteiger charge is 2.39. The molecular formula is C10H9F6NO. The van der Waals surface area contributed by atoms with Gasteiger partial charge in [-0.05, 0) is 30.7 Å². The van der Waals surface area contributed by atoms with Crippen LogP contribution in [0, 0.1) is 0 Å². The smallest absolute Gasteiger partial charge is 0.405 e. The van der Waals surface area contributed by atoms with Crippen molar-refractivity contribution in [2.75, 3.05) is 6.54 Å². The van der Waals surface area contributed by atoms with E-state index < -0.39 is 23.9 Å². The van der Waals surface area contributed by atoms with Crippen LogP contribution in [0.2, 0.25) is 0 Å². The van der Waals surface area contributed by atoms with Crippen molar-refractivity contribution in [3.63, 3.8) is 0 Å². The normalized spacial score (nSPS) is 12.6. The summed E-state index contributed by atoms with van der Waals surface area (Å²) >= 11 is 0. The van der Waals surface area contributed by atoms with Gasteiger partial charge < -0.3 is 10.5 Å². The van der Waals surface area contributed by atoms with Gasteiger partial charge in [0.15, 0.2) is 0 Å². The predicted molar refractivity (Wildman–Crippen MR) is 50.9 cm³/mol. The molecule has 8 heteroatoms. The van der Waals surface area contributed by atoms with Crippen LogP contribution < -0.4 is 10.5 Å². The fraction of sp³-hybridized carbons (Fsp3) is 0.400. The van der Waals surface area contributed by atoms with E-state index in [0.717, 1.165) is 6.07 Å². The number of ether oxygens (including phenoxy) is 1. The molecule has 102 valence electrons. The zero-order valence-electron chi connectivity index (χ0n) is 8.90. The van der Waals surface area contributed by atoms with Gasteiger partial charge in [-0.25, -0.2) is 0 Å². The Morgan fingerprint density at radius 3 is 2.11 bits per heavy atom. The lowest BCUT2D eigenvalue weighted by atomic mass is 10.1. The van der Waals surface area contributed by atoms with Crippen LogP contribution in [0.15, 0.2) is 18.2 Å². The highest BCUT2D eigenvalue weighted by Crippen LogP contribution is 2.38. The van der Waals surface area contributed by atoms with Crippen molar-refractivity contribution < 1.29 is 31.1 Å². The third-order valence-electron chi connectivity index (χ3n) is 2.01. The molecule has 0 aliphatic rings. The molecule has 0 aliphatic carbocycles. The van der Waals surface area contributed by atoms with Crippen molar-refractivity contribution >= 4 is 0 Å². The second-order valence-electron chi connectivity index (χ2n) is 3.41. The SMILES string of the molecule is NCCc1ccc(OC(F)(F)F)c(C(F)(F)F)c1. The molecule has 2 N–H and O–H groups in total. The first-order valence-corrected chi connectivity index (χ1v) is 4.79. The molecule has 0 saturated heterocycles. The van der Waals surface area contributed by atoms with Crippen molar-refractivity contribution in [1.29, 1.82) is 0 Å². The maximum Gasteiger partial charge on any atom is 0.573 e. The average Bonchev–Trinajstić information content (AvgIpc) is 2.17. The number of halogens is 6. The number of benzene rings is 1. The highest BCUT2D eigenvalue weighted by atomic mass is 19.4. The minimum absolute atomic E-state index is 0.0940. The van der Waals surface area contributed by atoms with Gasteiger partial charge in [-0.1, -0.05) is 6.07 Å². The van der Waals surface area contributed by atoms with Gasteiger partial charge in [-0.2, -0.15) is 13.2 Å². The van der Waals surface area contributed by atoms with Gasteiger partial charge in [0.05, 0.1) is 5.56 Å². The van der Waals surface area contributed by atoms with Gasteiger partial charge in [0.25, 0.3) is 0 Å². The molecule has 1 aromatic rings. The van der Waals surface area contributed by atoms with Gasteiger partial charge in [0.2, 0.25) is 0 Å². The Morgan fingerprint density at radius 2 is 1.67 bits per heavy atom. The Balaban J connectivity index is 3.17. The number of rotatable bonds is 3. The van der Waals surface area contributed by atoms with Crippen LogP contribution in [0.4, 0.5) is 26.3 Å². The van der Waals surface area contributed by atoms with E-state index in [4.69, 9.17) is 5.73 Å². The Kier molecular flexibility index (Phi) is 4.10. The van der Waals surface area contributed by atoms with Crippen LogP contribution in [0.3, 0.4) is 0 Å². The Morgan fingerprint density at radius 1 is 1.06 bits per heavy atom. The maximum absolute atomic E-state index is 12.6. The average molecular weight is 273 g/mol. The van der Waals surface area contributed by atoms with Crippen molar-refractivity contribution in [2.45, 2.75) is 19.0 Å².